The van der Waals surface area contributed by atoms with E-state index in [4.69, 9.17) is 30.5 Å². The number of hydrogen-bond donors (Lipinski definition) is 1. The highest BCUT2D eigenvalue weighted by atomic mass is 35.5. The van der Waals surface area contributed by atoms with Crippen molar-refractivity contribution in [3.63, 3.8) is 0 Å². The molecule has 1 atom stereocenters. The number of aromatic nitrogens is 2. The second-order valence-corrected chi connectivity index (χ2v) is 12.0. The van der Waals surface area contributed by atoms with Crippen LogP contribution in [0.25, 0.3) is 22.0 Å². The number of carbonyl (C=O) groups is 1. The van der Waals surface area contributed by atoms with Gasteiger partial charge in [-0.05, 0) is 80.2 Å². The van der Waals surface area contributed by atoms with Crippen LogP contribution in [-0.4, -0.2) is 51.3 Å². The molecule has 0 amide bonds. The van der Waals surface area contributed by atoms with Gasteiger partial charge in [-0.2, -0.15) is 5.26 Å². The molecule has 2 aliphatic rings. The Morgan fingerprint density at radius 1 is 1.16 bits per heavy atom. The highest BCUT2D eigenvalue weighted by molar-refractivity contribution is 6.29. The Hall–Kier alpha value is -4.43. The fourth-order valence-corrected chi connectivity index (χ4v) is 6.56. The van der Waals surface area contributed by atoms with E-state index in [1.165, 1.54) is 6.07 Å². The van der Waals surface area contributed by atoms with E-state index in [1.807, 2.05) is 6.07 Å². The third-order valence-corrected chi connectivity index (χ3v) is 9.06. The molecule has 0 radical (unpaired) electrons. The van der Waals surface area contributed by atoms with E-state index >= 15 is 4.39 Å². The van der Waals surface area contributed by atoms with Crippen molar-refractivity contribution < 1.29 is 28.2 Å². The first-order valence-electron chi connectivity index (χ1n) is 15.0. The second kappa shape index (κ2) is 12.2. The summed E-state index contributed by atoms with van der Waals surface area (Å²) >= 11 is 6.08. The number of likely N-dealkylation sites (tertiary alicyclic amines) is 1. The molecule has 2 fully saturated rings. The van der Waals surface area contributed by atoms with E-state index in [-0.39, 0.29) is 35.2 Å². The van der Waals surface area contributed by atoms with Gasteiger partial charge in [-0.3, -0.25) is 4.90 Å². The Morgan fingerprint density at radius 3 is 2.71 bits per heavy atom. The van der Waals surface area contributed by atoms with Crippen molar-refractivity contribution >= 4 is 39.6 Å². The highest BCUT2D eigenvalue weighted by Gasteiger charge is 2.28. The van der Waals surface area contributed by atoms with Crippen LogP contribution in [0, 0.1) is 17.1 Å². The van der Waals surface area contributed by atoms with Crippen molar-refractivity contribution in [3.8, 4) is 11.8 Å². The predicted octanol–water partition coefficient (Wildman–Crippen LogP) is 6.89. The van der Waals surface area contributed by atoms with Crippen molar-refractivity contribution in [3.05, 3.63) is 93.7 Å². The van der Waals surface area contributed by atoms with Crippen LogP contribution in [0.4, 0.5) is 4.39 Å². The minimum absolute atomic E-state index is 0.0589. The number of aromatic carboxylic acids is 1. The molecule has 0 saturated carbocycles. The predicted molar refractivity (Wildman–Crippen MR) is 165 cm³/mol. The van der Waals surface area contributed by atoms with Gasteiger partial charge in [-0.25, -0.2) is 14.2 Å². The summed E-state index contributed by atoms with van der Waals surface area (Å²) in [4.78, 5) is 18.9. The van der Waals surface area contributed by atoms with Gasteiger partial charge in [0, 0.05) is 29.2 Å². The van der Waals surface area contributed by atoms with Crippen LogP contribution in [0.3, 0.4) is 0 Å². The Bertz CT molecular complexity index is 1950. The van der Waals surface area contributed by atoms with Gasteiger partial charge in [0.1, 0.15) is 18.0 Å². The van der Waals surface area contributed by atoms with Crippen LogP contribution in [0.5, 0.6) is 5.75 Å². The molecule has 0 spiro atoms. The van der Waals surface area contributed by atoms with E-state index in [1.54, 1.807) is 42.5 Å². The number of nitriles is 1. The molecule has 2 aromatic heterocycles. The zero-order valence-corrected chi connectivity index (χ0v) is 25.1. The number of imidazole rings is 1. The van der Waals surface area contributed by atoms with E-state index in [9.17, 15) is 15.2 Å². The number of para-hydroxylation sites is 1. The minimum atomic E-state index is -0.968. The maximum atomic E-state index is 15.2. The van der Waals surface area contributed by atoms with Crippen molar-refractivity contribution in [2.24, 2.45) is 0 Å². The lowest BCUT2D eigenvalue weighted by Gasteiger charge is -2.33. The lowest BCUT2D eigenvalue weighted by atomic mass is 9.88. The topological polar surface area (TPSA) is 114 Å². The maximum Gasteiger partial charge on any atom is 0.335 e. The Labute approximate surface area is 263 Å². The summed E-state index contributed by atoms with van der Waals surface area (Å²) in [5, 5.41) is 19.7. The van der Waals surface area contributed by atoms with Crippen LogP contribution in [0.15, 0.2) is 59.0 Å². The van der Waals surface area contributed by atoms with Gasteiger partial charge in [-0.1, -0.05) is 18.2 Å². The number of carboxylic acid groups (broad SMARTS) is 1. The molecule has 0 bridgehead atoms. The normalized spacial score (nSPS) is 17.4. The fourth-order valence-electron chi connectivity index (χ4n) is 6.37. The molecule has 11 heteroatoms. The lowest BCUT2D eigenvalue weighted by molar-refractivity contribution is -0.0592. The van der Waals surface area contributed by atoms with E-state index in [2.05, 4.69) is 15.5 Å². The van der Waals surface area contributed by atoms with Crippen LogP contribution in [-0.2, 0) is 24.4 Å². The Morgan fingerprint density at radius 2 is 1.98 bits per heavy atom. The molecular formula is C34H30ClFN4O5. The number of fused-ring (bicyclic) bond motifs is 2. The first-order chi connectivity index (χ1) is 21.9. The number of hydrogen-bond acceptors (Lipinski definition) is 7. The van der Waals surface area contributed by atoms with Crippen LogP contribution in [0.2, 0.25) is 5.22 Å². The number of nitrogens with zero attached hydrogens (tertiary/aromatic N) is 4. The van der Waals surface area contributed by atoms with Crippen LogP contribution in [0.1, 0.15) is 58.1 Å². The molecule has 1 N–H and O–H groups in total. The number of benzene rings is 3. The van der Waals surface area contributed by atoms with Gasteiger partial charge in [0.05, 0.1) is 47.4 Å². The van der Waals surface area contributed by atoms with Crippen LogP contribution < -0.4 is 4.74 Å². The molecule has 7 rings (SSSR count). The van der Waals surface area contributed by atoms with Gasteiger partial charge in [-0.15, -0.1) is 0 Å². The first kappa shape index (κ1) is 29.3. The number of furan rings is 1. The maximum absolute atomic E-state index is 15.2. The zero-order valence-electron chi connectivity index (χ0n) is 24.3. The smallest absolute Gasteiger partial charge is 0.335 e. The molecule has 2 saturated heterocycles. The molecular weight excluding hydrogens is 599 g/mol. The molecule has 3 aromatic carbocycles. The number of rotatable bonds is 9. The molecule has 0 aliphatic carbocycles. The number of piperidine rings is 1. The van der Waals surface area contributed by atoms with Gasteiger partial charge in [0.15, 0.2) is 16.8 Å². The zero-order chi connectivity index (χ0) is 31.1. The van der Waals surface area contributed by atoms with Gasteiger partial charge < -0.3 is 23.6 Å². The van der Waals surface area contributed by atoms with Crippen LogP contribution >= 0.6 is 11.6 Å². The van der Waals surface area contributed by atoms with Crippen molar-refractivity contribution in [2.75, 3.05) is 19.7 Å². The summed E-state index contributed by atoms with van der Waals surface area (Å²) in [6.45, 7) is 3.61. The molecule has 230 valence electrons. The summed E-state index contributed by atoms with van der Waals surface area (Å²) in [6, 6.07) is 17.2. The largest absolute Gasteiger partial charge is 0.485 e. The van der Waals surface area contributed by atoms with E-state index in [0.29, 0.717) is 35.2 Å². The molecule has 45 heavy (non-hydrogen) atoms. The Balaban J connectivity index is 1.07. The van der Waals surface area contributed by atoms with Gasteiger partial charge >= 0.3 is 5.97 Å². The van der Waals surface area contributed by atoms with E-state index in [0.717, 1.165) is 61.4 Å². The summed E-state index contributed by atoms with van der Waals surface area (Å²) < 4.78 is 34.7. The summed E-state index contributed by atoms with van der Waals surface area (Å²) in [6.07, 6.45) is 2.68. The minimum Gasteiger partial charge on any atom is -0.485 e. The second-order valence-electron chi connectivity index (χ2n) is 11.6. The lowest BCUT2D eigenvalue weighted by Crippen LogP contribution is -2.35. The highest BCUT2D eigenvalue weighted by Crippen LogP contribution is 2.38. The van der Waals surface area contributed by atoms with Crippen molar-refractivity contribution in [2.45, 2.75) is 51.0 Å². The Kier molecular flexibility index (Phi) is 7.92. The summed E-state index contributed by atoms with van der Waals surface area (Å²) in [5.74, 6) is -0.189. The summed E-state index contributed by atoms with van der Waals surface area (Å²) in [5.41, 5.74) is 4.20. The molecule has 4 heterocycles. The molecule has 5 aromatic rings. The van der Waals surface area contributed by atoms with Gasteiger partial charge in [0.25, 0.3) is 0 Å². The third kappa shape index (κ3) is 5.75. The van der Waals surface area contributed by atoms with Crippen molar-refractivity contribution in [1.29, 1.82) is 5.26 Å². The monoisotopic (exact) mass is 628 g/mol. The number of ether oxygens (including phenoxy) is 2. The first-order valence-corrected chi connectivity index (χ1v) is 15.3. The average Bonchev–Trinajstić information content (AvgIpc) is 3.57. The SMILES string of the molecule is N#Cc1ccc(COc2c(F)cccc2C2CCN(Cc3nc4ccc(C(=O)O)cc4n3C[C@@H]3CCO3)CC2)c2oc(Cl)cc12. The molecule has 0 unspecified atom stereocenters. The summed E-state index contributed by atoms with van der Waals surface area (Å²) in [7, 11) is 0. The fraction of sp³-hybridized carbons (Fsp3) is 0.324. The number of halogens is 2. The van der Waals surface area contributed by atoms with Gasteiger partial charge in [0.2, 0.25) is 0 Å². The molecule has 2 aliphatic heterocycles. The standard InChI is InChI=1S/C34H30ClFN4O5/c35-30-15-26-22(16-37)4-5-23(32(26)45-30)19-44-33-25(2-1-3-27(33)36)20-8-11-39(12-9-20)18-31-38-28-7-6-21(34(41)42)14-29(28)40(31)17-24-10-13-43-24/h1-7,14-15,20,24H,8-13,17-19H2,(H,41,42)/t24-/m0/s1. The average molecular weight is 629 g/mol. The third-order valence-electron chi connectivity index (χ3n) is 8.87. The van der Waals surface area contributed by atoms with Crippen molar-refractivity contribution in [1.82, 2.24) is 14.5 Å². The van der Waals surface area contributed by atoms with E-state index < -0.39 is 11.8 Å². The number of carboxylic acids is 1. The quantitative estimate of drug-likeness (QED) is 0.188. The molecule has 9 nitrogen and oxygen atoms in total.